The molecule has 0 amide bonds. The Kier molecular flexibility index (Phi) is 5.28. The van der Waals surface area contributed by atoms with Gasteiger partial charge in [-0.2, -0.15) is 4.98 Å². The molecule has 26 heavy (non-hydrogen) atoms. The molecule has 1 aromatic heterocycles. The molecule has 0 aliphatic carbocycles. The Morgan fingerprint density at radius 2 is 1.54 bits per heavy atom. The van der Waals surface area contributed by atoms with Gasteiger partial charge in [-0.05, 0) is 55.8 Å². The normalized spacial score (nSPS) is 10.5. The van der Waals surface area contributed by atoms with E-state index in [-0.39, 0.29) is 0 Å². The highest BCUT2D eigenvalue weighted by atomic mass is 35.5. The first kappa shape index (κ1) is 18.0. The summed E-state index contributed by atoms with van der Waals surface area (Å²) in [5.41, 5.74) is 4.87. The van der Waals surface area contributed by atoms with Crippen molar-refractivity contribution in [3.05, 3.63) is 64.8 Å². The Labute approximate surface area is 159 Å². The van der Waals surface area contributed by atoms with Crippen molar-refractivity contribution < 1.29 is 0 Å². The van der Waals surface area contributed by atoms with E-state index in [0.29, 0.717) is 11.8 Å². The van der Waals surface area contributed by atoms with E-state index >= 15 is 0 Å². The zero-order chi connectivity index (χ0) is 18.7. The number of aromatic nitrogens is 2. The van der Waals surface area contributed by atoms with Gasteiger partial charge in [-0.25, -0.2) is 4.98 Å². The van der Waals surface area contributed by atoms with Gasteiger partial charge >= 0.3 is 0 Å². The van der Waals surface area contributed by atoms with Crippen molar-refractivity contribution in [1.29, 1.82) is 0 Å². The molecular weight excluding hydrogens is 346 g/mol. The maximum Gasteiger partial charge on any atom is 0.229 e. The molecule has 0 spiro atoms. The lowest BCUT2D eigenvalue weighted by Crippen LogP contribution is -2.08. The zero-order valence-electron chi connectivity index (χ0n) is 15.3. The Balaban J connectivity index is 1.79. The fourth-order valence-corrected chi connectivity index (χ4v) is 2.66. The number of nitrogens with one attached hydrogen (secondary N) is 2. The SMILES string of the molecule is Cc1cc(Nc2ccc(C)c(Cl)c2)nc(Nc2ccc(N(C)C)cc2)n1. The molecule has 6 heteroatoms. The molecule has 0 saturated carbocycles. The van der Waals surface area contributed by atoms with E-state index < -0.39 is 0 Å². The molecule has 3 aromatic rings. The van der Waals surface area contributed by atoms with Gasteiger partial charge in [0.05, 0.1) is 0 Å². The van der Waals surface area contributed by atoms with Crippen LogP contribution in [0.1, 0.15) is 11.3 Å². The van der Waals surface area contributed by atoms with Crippen LogP contribution in [0.5, 0.6) is 0 Å². The summed E-state index contributed by atoms with van der Waals surface area (Å²) in [5, 5.41) is 7.25. The monoisotopic (exact) mass is 367 g/mol. The average molecular weight is 368 g/mol. The number of benzene rings is 2. The van der Waals surface area contributed by atoms with Gasteiger partial charge in [0.1, 0.15) is 5.82 Å². The molecule has 2 N–H and O–H groups in total. The van der Waals surface area contributed by atoms with E-state index in [4.69, 9.17) is 11.6 Å². The van der Waals surface area contributed by atoms with Crippen molar-refractivity contribution in [3.8, 4) is 0 Å². The van der Waals surface area contributed by atoms with E-state index in [2.05, 4.69) is 25.5 Å². The van der Waals surface area contributed by atoms with E-state index in [0.717, 1.165) is 33.3 Å². The van der Waals surface area contributed by atoms with Crippen LogP contribution in [0.4, 0.5) is 28.8 Å². The molecule has 0 bridgehead atoms. The van der Waals surface area contributed by atoms with Crippen LogP contribution in [0, 0.1) is 13.8 Å². The lowest BCUT2D eigenvalue weighted by atomic mass is 10.2. The third-order valence-electron chi connectivity index (χ3n) is 3.94. The molecule has 2 aromatic carbocycles. The number of aryl methyl sites for hydroxylation is 2. The minimum atomic E-state index is 0.545. The predicted octanol–water partition coefficient (Wildman–Crippen LogP) is 5.30. The van der Waals surface area contributed by atoms with Crippen molar-refractivity contribution in [1.82, 2.24) is 9.97 Å². The highest BCUT2D eigenvalue weighted by Gasteiger charge is 2.05. The van der Waals surface area contributed by atoms with Gasteiger partial charge < -0.3 is 15.5 Å². The van der Waals surface area contributed by atoms with Crippen molar-refractivity contribution in [2.75, 3.05) is 29.6 Å². The summed E-state index contributed by atoms with van der Waals surface area (Å²) in [4.78, 5) is 11.1. The molecule has 0 radical (unpaired) electrons. The lowest BCUT2D eigenvalue weighted by molar-refractivity contribution is 1.10. The number of hydrogen-bond acceptors (Lipinski definition) is 5. The number of halogens is 1. The Hall–Kier alpha value is -2.79. The maximum absolute atomic E-state index is 6.20. The van der Waals surface area contributed by atoms with Crippen LogP contribution < -0.4 is 15.5 Å². The average Bonchev–Trinajstić information content (AvgIpc) is 2.58. The summed E-state index contributed by atoms with van der Waals surface area (Å²) < 4.78 is 0. The van der Waals surface area contributed by atoms with Crippen LogP contribution in [0.3, 0.4) is 0 Å². The first-order chi connectivity index (χ1) is 12.4. The van der Waals surface area contributed by atoms with Gasteiger partial charge in [-0.3, -0.25) is 0 Å². The summed E-state index contributed by atoms with van der Waals surface area (Å²) >= 11 is 6.20. The molecule has 0 atom stereocenters. The summed E-state index contributed by atoms with van der Waals surface area (Å²) in [7, 11) is 4.03. The second kappa shape index (κ2) is 7.62. The summed E-state index contributed by atoms with van der Waals surface area (Å²) in [6, 6.07) is 15.9. The third kappa shape index (κ3) is 4.43. The van der Waals surface area contributed by atoms with E-state index in [1.165, 1.54) is 0 Å². The van der Waals surface area contributed by atoms with Gasteiger partial charge in [0.2, 0.25) is 5.95 Å². The van der Waals surface area contributed by atoms with Crippen LogP contribution in [0.15, 0.2) is 48.5 Å². The standard InChI is InChI=1S/C20H22ClN5/c1-13-5-6-16(12-18(13)21)23-19-11-14(2)22-20(25-19)24-15-7-9-17(10-8-15)26(3)4/h5-12H,1-4H3,(H2,22,23,24,25). The van der Waals surface area contributed by atoms with Crippen molar-refractivity contribution in [2.24, 2.45) is 0 Å². The molecule has 0 aliphatic heterocycles. The first-order valence-corrected chi connectivity index (χ1v) is 8.72. The molecule has 5 nitrogen and oxygen atoms in total. The van der Waals surface area contributed by atoms with Gasteiger partial charge in [0, 0.05) is 47.9 Å². The van der Waals surface area contributed by atoms with E-state index in [1.54, 1.807) is 0 Å². The van der Waals surface area contributed by atoms with Crippen LogP contribution in [0.2, 0.25) is 5.02 Å². The van der Waals surface area contributed by atoms with Crippen LogP contribution >= 0.6 is 11.6 Å². The fraction of sp³-hybridized carbons (Fsp3) is 0.200. The predicted molar refractivity (Wildman–Crippen MR) is 110 cm³/mol. The van der Waals surface area contributed by atoms with Crippen molar-refractivity contribution in [2.45, 2.75) is 13.8 Å². The first-order valence-electron chi connectivity index (χ1n) is 8.34. The molecule has 134 valence electrons. The minimum absolute atomic E-state index is 0.545. The largest absolute Gasteiger partial charge is 0.378 e. The summed E-state index contributed by atoms with van der Waals surface area (Å²) in [5.74, 6) is 1.26. The Morgan fingerprint density at radius 1 is 0.846 bits per heavy atom. The van der Waals surface area contributed by atoms with E-state index in [9.17, 15) is 0 Å². The van der Waals surface area contributed by atoms with Gasteiger partial charge in [0.25, 0.3) is 0 Å². The third-order valence-corrected chi connectivity index (χ3v) is 4.35. The number of nitrogens with zero attached hydrogens (tertiary/aromatic N) is 3. The smallest absolute Gasteiger partial charge is 0.229 e. The highest BCUT2D eigenvalue weighted by Crippen LogP contribution is 2.24. The number of anilines is 5. The molecular formula is C20H22ClN5. The van der Waals surface area contributed by atoms with Crippen LogP contribution in [-0.4, -0.2) is 24.1 Å². The second-order valence-corrected chi connectivity index (χ2v) is 6.78. The second-order valence-electron chi connectivity index (χ2n) is 6.37. The maximum atomic E-state index is 6.20. The van der Waals surface area contributed by atoms with E-state index in [1.807, 2.05) is 76.5 Å². The molecule has 0 aliphatic rings. The van der Waals surface area contributed by atoms with Gasteiger partial charge in [-0.15, -0.1) is 0 Å². The number of rotatable bonds is 5. The summed E-state index contributed by atoms with van der Waals surface area (Å²) in [6.07, 6.45) is 0. The lowest BCUT2D eigenvalue weighted by Gasteiger charge is -2.14. The topological polar surface area (TPSA) is 53.1 Å². The van der Waals surface area contributed by atoms with Crippen molar-refractivity contribution >= 4 is 40.4 Å². The van der Waals surface area contributed by atoms with Crippen molar-refractivity contribution in [3.63, 3.8) is 0 Å². The van der Waals surface area contributed by atoms with Gasteiger partial charge in [-0.1, -0.05) is 17.7 Å². The number of hydrogen-bond donors (Lipinski definition) is 2. The van der Waals surface area contributed by atoms with Crippen LogP contribution in [0.25, 0.3) is 0 Å². The van der Waals surface area contributed by atoms with Gasteiger partial charge in [0.15, 0.2) is 0 Å². The molecule has 0 saturated heterocycles. The minimum Gasteiger partial charge on any atom is -0.378 e. The quantitative estimate of drug-likeness (QED) is 0.640. The molecule has 0 unspecified atom stereocenters. The fourth-order valence-electron chi connectivity index (χ4n) is 2.48. The Bertz CT molecular complexity index is 907. The summed E-state index contributed by atoms with van der Waals surface area (Å²) in [6.45, 7) is 3.92. The van der Waals surface area contributed by atoms with Crippen LogP contribution in [-0.2, 0) is 0 Å². The highest BCUT2D eigenvalue weighted by molar-refractivity contribution is 6.31. The zero-order valence-corrected chi connectivity index (χ0v) is 16.1. The molecule has 0 fully saturated rings. The Morgan fingerprint density at radius 3 is 2.19 bits per heavy atom. The molecule has 3 rings (SSSR count). The molecule has 1 heterocycles.